The van der Waals surface area contributed by atoms with Gasteiger partial charge in [-0.3, -0.25) is 4.79 Å². The monoisotopic (exact) mass is 257 g/mol. The Balaban J connectivity index is 2.73. The van der Waals surface area contributed by atoms with Crippen LogP contribution in [0.25, 0.3) is 0 Å². The van der Waals surface area contributed by atoms with Crippen LogP contribution in [-0.4, -0.2) is 30.0 Å². The number of aryl methyl sites for hydroxylation is 1. The highest BCUT2D eigenvalue weighted by atomic mass is 32.1. The van der Waals surface area contributed by atoms with E-state index in [1.54, 1.807) is 6.92 Å². The van der Waals surface area contributed by atoms with Crippen molar-refractivity contribution in [3.8, 4) is 0 Å². The first-order valence-electron chi connectivity index (χ1n) is 5.04. The number of esters is 1. The molecule has 1 aromatic heterocycles. The van der Waals surface area contributed by atoms with Crippen molar-refractivity contribution in [2.45, 2.75) is 26.3 Å². The Morgan fingerprint density at radius 2 is 2.24 bits per heavy atom. The molecule has 0 fully saturated rings. The van der Waals surface area contributed by atoms with Crippen LogP contribution in [0.15, 0.2) is 0 Å². The molecule has 0 saturated carbocycles. The number of thiazole rings is 1. The highest BCUT2D eigenvalue weighted by molar-refractivity contribution is 7.17. The van der Waals surface area contributed by atoms with Crippen molar-refractivity contribution in [1.82, 2.24) is 4.98 Å². The molecule has 6 nitrogen and oxygen atoms in total. The van der Waals surface area contributed by atoms with E-state index in [1.807, 2.05) is 6.92 Å². The van der Waals surface area contributed by atoms with Gasteiger partial charge in [-0.15, -0.1) is 0 Å². The molecular formula is C10H15N3O3S. The normalized spacial score (nSPS) is 11.9. The van der Waals surface area contributed by atoms with E-state index in [1.165, 1.54) is 18.4 Å². The van der Waals surface area contributed by atoms with Gasteiger partial charge in [-0.25, -0.2) is 9.78 Å². The number of hydrogen-bond acceptors (Lipinski definition) is 6. The van der Waals surface area contributed by atoms with Crippen LogP contribution in [0.4, 0.5) is 5.13 Å². The number of methoxy groups -OCH3 is 1. The quantitative estimate of drug-likeness (QED) is 0.765. The number of amides is 1. The van der Waals surface area contributed by atoms with Crippen molar-refractivity contribution < 1.29 is 14.3 Å². The molecule has 0 bridgehead atoms. The molecule has 0 saturated heterocycles. The molecule has 1 heterocycles. The fourth-order valence-electron chi connectivity index (χ4n) is 1.30. The zero-order valence-corrected chi connectivity index (χ0v) is 10.8. The lowest BCUT2D eigenvalue weighted by atomic mass is 10.2. The molecule has 0 aliphatic rings. The van der Waals surface area contributed by atoms with E-state index < -0.39 is 5.97 Å². The average Bonchev–Trinajstić information content (AvgIpc) is 2.56. The third-order valence-electron chi connectivity index (χ3n) is 2.04. The summed E-state index contributed by atoms with van der Waals surface area (Å²) in [6.07, 6.45) is 0.214. The largest absolute Gasteiger partial charge is 0.465 e. The Kier molecular flexibility index (Phi) is 4.45. The lowest BCUT2D eigenvalue weighted by Crippen LogP contribution is -2.23. The Bertz CT molecular complexity index is 430. The molecule has 0 spiro atoms. The predicted octanol–water partition coefficient (Wildman–Crippen LogP) is 0.914. The Morgan fingerprint density at radius 3 is 2.76 bits per heavy atom. The highest BCUT2D eigenvalue weighted by Crippen LogP contribution is 2.24. The van der Waals surface area contributed by atoms with Crippen LogP contribution in [-0.2, 0) is 9.53 Å². The SMILES string of the molecule is COC(=O)c1sc(NC(C)CC(N)=O)nc1C. The van der Waals surface area contributed by atoms with Gasteiger partial charge in [-0.1, -0.05) is 11.3 Å². The van der Waals surface area contributed by atoms with Crippen molar-refractivity contribution in [1.29, 1.82) is 0 Å². The second-order valence-corrected chi connectivity index (χ2v) is 4.64. The minimum Gasteiger partial charge on any atom is -0.465 e. The van der Waals surface area contributed by atoms with E-state index in [-0.39, 0.29) is 18.4 Å². The lowest BCUT2D eigenvalue weighted by Gasteiger charge is -2.09. The summed E-state index contributed by atoms with van der Waals surface area (Å²) >= 11 is 1.20. The van der Waals surface area contributed by atoms with Crippen LogP contribution in [0.1, 0.15) is 28.7 Å². The van der Waals surface area contributed by atoms with Crippen LogP contribution in [0.2, 0.25) is 0 Å². The molecule has 1 aromatic rings. The molecule has 94 valence electrons. The molecule has 0 aromatic carbocycles. The Hall–Kier alpha value is -1.63. The molecule has 1 unspecified atom stereocenters. The zero-order valence-electron chi connectivity index (χ0n) is 9.94. The topological polar surface area (TPSA) is 94.3 Å². The van der Waals surface area contributed by atoms with Crippen molar-refractivity contribution in [2.24, 2.45) is 5.73 Å². The highest BCUT2D eigenvalue weighted by Gasteiger charge is 2.16. The summed E-state index contributed by atoms with van der Waals surface area (Å²) in [6, 6.07) is -0.122. The number of ether oxygens (including phenoxy) is 1. The number of nitrogens with zero attached hydrogens (tertiary/aromatic N) is 1. The minimum atomic E-state index is -0.407. The summed E-state index contributed by atoms with van der Waals surface area (Å²) < 4.78 is 4.63. The van der Waals surface area contributed by atoms with E-state index in [0.29, 0.717) is 15.7 Å². The number of carbonyl (C=O) groups is 2. The van der Waals surface area contributed by atoms with Gasteiger partial charge in [-0.05, 0) is 13.8 Å². The van der Waals surface area contributed by atoms with Crippen LogP contribution >= 0.6 is 11.3 Å². The zero-order chi connectivity index (χ0) is 13.0. The number of hydrogen-bond donors (Lipinski definition) is 2. The van der Waals surface area contributed by atoms with Gasteiger partial charge < -0.3 is 15.8 Å². The molecule has 1 atom stereocenters. The van der Waals surface area contributed by atoms with E-state index in [2.05, 4.69) is 15.0 Å². The average molecular weight is 257 g/mol. The molecule has 3 N–H and O–H groups in total. The van der Waals surface area contributed by atoms with E-state index in [4.69, 9.17) is 5.73 Å². The minimum absolute atomic E-state index is 0.122. The maximum Gasteiger partial charge on any atom is 0.350 e. The first kappa shape index (κ1) is 13.4. The smallest absolute Gasteiger partial charge is 0.350 e. The standard InChI is InChI=1S/C10H15N3O3S/c1-5(4-7(11)14)12-10-13-6(2)8(17-10)9(15)16-3/h5H,4H2,1-3H3,(H2,11,14)(H,12,13). The number of nitrogens with two attached hydrogens (primary N) is 1. The molecule has 0 aliphatic carbocycles. The van der Waals surface area contributed by atoms with Gasteiger partial charge in [0, 0.05) is 12.5 Å². The van der Waals surface area contributed by atoms with E-state index in [9.17, 15) is 9.59 Å². The van der Waals surface area contributed by atoms with Gasteiger partial charge in [0.15, 0.2) is 5.13 Å². The molecule has 0 aliphatic heterocycles. The number of rotatable bonds is 5. The maximum absolute atomic E-state index is 11.4. The second-order valence-electron chi connectivity index (χ2n) is 3.64. The van der Waals surface area contributed by atoms with Gasteiger partial charge in [-0.2, -0.15) is 0 Å². The lowest BCUT2D eigenvalue weighted by molar-refractivity contribution is -0.118. The summed E-state index contributed by atoms with van der Waals surface area (Å²) in [7, 11) is 1.32. The number of carbonyl (C=O) groups excluding carboxylic acids is 2. The number of aromatic nitrogens is 1. The van der Waals surface area contributed by atoms with Crippen LogP contribution < -0.4 is 11.1 Å². The molecule has 1 amide bonds. The number of anilines is 1. The van der Waals surface area contributed by atoms with E-state index in [0.717, 1.165) is 0 Å². The van der Waals surface area contributed by atoms with Crippen molar-refractivity contribution in [3.05, 3.63) is 10.6 Å². The van der Waals surface area contributed by atoms with Crippen molar-refractivity contribution in [3.63, 3.8) is 0 Å². The third-order valence-corrected chi connectivity index (χ3v) is 3.11. The van der Waals surface area contributed by atoms with Gasteiger partial charge in [0.25, 0.3) is 0 Å². The summed E-state index contributed by atoms with van der Waals surface area (Å²) in [5.74, 6) is -0.790. The van der Waals surface area contributed by atoms with Crippen LogP contribution in [0.3, 0.4) is 0 Å². The molecule has 17 heavy (non-hydrogen) atoms. The van der Waals surface area contributed by atoms with Crippen LogP contribution in [0, 0.1) is 6.92 Å². The first-order chi connectivity index (χ1) is 7.93. The molecular weight excluding hydrogens is 242 g/mol. The second kappa shape index (κ2) is 5.62. The molecule has 1 rings (SSSR count). The summed E-state index contributed by atoms with van der Waals surface area (Å²) in [4.78, 5) is 26.7. The summed E-state index contributed by atoms with van der Waals surface area (Å²) in [6.45, 7) is 3.55. The Labute approximate surface area is 103 Å². The molecule has 0 radical (unpaired) electrons. The van der Waals surface area contributed by atoms with Crippen LogP contribution in [0.5, 0.6) is 0 Å². The summed E-state index contributed by atoms with van der Waals surface area (Å²) in [5.41, 5.74) is 5.69. The van der Waals surface area contributed by atoms with Gasteiger partial charge >= 0.3 is 5.97 Å². The van der Waals surface area contributed by atoms with Gasteiger partial charge in [0.2, 0.25) is 5.91 Å². The first-order valence-corrected chi connectivity index (χ1v) is 5.86. The predicted molar refractivity (Wildman–Crippen MR) is 65.1 cm³/mol. The maximum atomic E-state index is 11.4. The molecule has 7 heteroatoms. The Morgan fingerprint density at radius 1 is 1.59 bits per heavy atom. The summed E-state index contributed by atoms with van der Waals surface area (Å²) in [5, 5.41) is 3.59. The fourth-order valence-corrected chi connectivity index (χ4v) is 2.30. The number of primary amides is 1. The van der Waals surface area contributed by atoms with Gasteiger partial charge in [0.1, 0.15) is 4.88 Å². The third kappa shape index (κ3) is 3.70. The number of nitrogens with one attached hydrogen (secondary N) is 1. The van der Waals surface area contributed by atoms with Crippen molar-refractivity contribution >= 4 is 28.3 Å². The fraction of sp³-hybridized carbons (Fsp3) is 0.500. The van der Waals surface area contributed by atoms with Gasteiger partial charge in [0.05, 0.1) is 12.8 Å². The van der Waals surface area contributed by atoms with E-state index >= 15 is 0 Å². The van der Waals surface area contributed by atoms with Crippen molar-refractivity contribution in [2.75, 3.05) is 12.4 Å².